The Kier molecular flexibility index (Phi) is 6.33. The zero-order valence-electron chi connectivity index (χ0n) is 14.7. The van der Waals surface area contributed by atoms with Gasteiger partial charge in [-0.3, -0.25) is 14.4 Å². The van der Waals surface area contributed by atoms with Gasteiger partial charge < -0.3 is 14.2 Å². The molecule has 25 heavy (non-hydrogen) atoms. The second kappa shape index (κ2) is 8.46. The summed E-state index contributed by atoms with van der Waals surface area (Å²) in [6, 6.07) is 3.54. The first-order valence-electron chi connectivity index (χ1n) is 8.19. The summed E-state index contributed by atoms with van der Waals surface area (Å²) < 4.78 is 15.4. The SMILES string of the molecule is CC(=O)OCCCC1=CCc2c(ccc(OC(C)=O)c2OC(C)=O)C1. The fraction of sp³-hybridized carbons (Fsp3) is 0.421. The maximum atomic E-state index is 11.4. The van der Waals surface area contributed by atoms with E-state index < -0.39 is 11.9 Å². The largest absolute Gasteiger partial charge is 0.466 e. The summed E-state index contributed by atoms with van der Waals surface area (Å²) in [7, 11) is 0. The van der Waals surface area contributed by atoms with E-state index in [1.54, 1.807) is 6.07 Å². The van der Waals surface area contributed by atoms with Crippen molar-refractivity contribution in [3.8, 4) is 11.5 Å². The van der Waals surface area contributed by atoms with E-state index in [1.165, 1.54) is 26.3 Å². The fourth-order valence-corrected chi connectivity index (χ4v) is 2.80. The van der Waals surface area contributed by atoms with Crippen molar-refractivity contribution in [3.05, 3.63) is 34.9 Å². The molecule has 1 aliphatic carbocycles. The van der Waals surface area contributed by atoms with Crippen molar-refractivity contribution < 1.29 is 28.6 Å². The first-order valence-corrected chi connectivity index (χ1v) is 8.19. The quantitative estimate of drug-likeness (QED) is 0.341. The van der Waals surface area contributed by atoms with Crippen LogP contribution in [0.3, 0.4) is 0 Å². The number of carbonyl (C=O) groups excluding carboxylic acids is 3. The van der Waals surface area contributed by atoms with E-state index in [-0.39, 0.29) is 11.7 Å². The van der Waals surface area contributed by atoms with Crippen LogP contribution >= 0.6 is 0 Å². The molecule has 0 fully saturated rings. The Morgan fingerprint density at radius 3 is 2.36 bits per heavy atom. The number of benzene rings is 1. The zero-order valence-corrected chi connectivity index (χ0v) is 14.7. The average Bonchev–Trinajstić information content (AvgIpc) is 2.52. The van der Waals surface area contributed by atoms with Gasteiger partial charge in [0.05, 0.1) is 6.61 Å². The van der Waals surface area contributed by atoms with Crippen LogP contribution in [0.15, 0.2) is 23.8 Å². The van der Waals surface area contributed by atoms with Gasteiger partial charge in [-0.05, 0) is 37.3 Å². The summed E-state index contributed by atoms with van der Waals surface area (Å²) >= 11 is 0. The van der Waals surface area contributed by atoms with Gasteiger partial charge in [0.15, 0.2) is 11.5 Å². The molecular weight excluding hydrogens is 324 g/mol. The van der Waals surface area contributed by atoms with Crippen LogP contribution in [0.5, 0.6) is 11.5 Å². The van der Waals surface area contributed by atoms with Crippen LogP contribution in [-0.4, -0.2) is 24.5 Å². The van der Waals surface area contributed by atoms with Crippen LogP contribution in [0, 0.1) is 0 Å². The van der Waals surface area contributed by atoms with Crippen LogP contribution in [0.25, 0.3) is 0 Å². The number of rotatable bonds is 6. The van der Waals surface area contributed by atoms with Gasteiger partial charge in [0, 0.05) is 26.3 Å². The van der Waals surface area contributed by atoms with E-state index in [9.17, 15) is 14.4 Å². The van der Waals surface area contributed by atoms with E-state index in [1.807, 2.05) is 6.07 Å². The van der Waals surface area contributed by atoms with Crippen molar-refractivity contribution in [1.82, 2.24) is 0 Å². The highest BCUT2D eigenvalue weighted by atomic mass is 16.6. The normalized spacial score (nSPS) is 12.7. The minimum atomic E-state index is -0.467. The third-order valence-electron chi connectivity index (χ3n) is 3.78. The Morgan fingerprint density at radius 1 is 1.00 bits per heavy atom. The maximum Gasteiger partial charge on any atom is 0.308 e. The topological polar surface area (TPSA) is 78.9 Å². The zero-order chi connectivity index (χ0) is 18.4. The van der Waals surface area contributed by atoms with Gasteiger partial charge in [0.2, 0.25) is 0 Å². The lowest BCUT2D eigenvalue weighted by Gasteiger charge is -2.21. The summed E-state index contributed by atoms with van der Waals surface area (Å²) in [4.78, 5) is 33.4. The number of fused-ring (bicyclic) bond motifs is 1. The lowest BCUT2D eigenvalue weighted by molar-refractivity contribution is -0.141. The fourth-order valence-electron chi connectivity index (χ4n) is 2.80. The summed E-state index contributed by atoms with van der Waals surface area (Å²) in [5.41, 5.74) is 3.14. The Labute approximate surface area is 146 Å². The molecule has 2 rings (SSSR count). The smallest absolute Gasteiger partial charge is 0.308 e. The Morgan fingerprint density at radius 2 is 1.72 bits per heavy atom. The molecule has 0 bridgehead atoms. The van der Waals surface area contributed by atoms with Crippen molar-refractivity contribution in [2.45, 2.75) is 46.5 Å². The molecule has 0 radical (unpaired) electrons. The van der Waals surface area contributed by atoms with Crippen LogP contribution in [0.2, 0.25) is 0 Å². The molecule has 0 unspecified atom stereocenters. The predicted octanol–water partition coefficient (Wildman–Crippen LogP) is 2.91. The van der Waals surface area contributed by atoms with Gasteiger partial charge in [-0.2, -0.15) is 0 Å². The highest BCUT2D eigenvalue weighted by Gasteiger charge is 2.21. The molecule has 1 aromatic carbocycles. The summed E-state index contributed by atoms with van der Waals surface area (Å²) in [5, 5.41) is 0. The third-order valence-corrected chi connectivity index (χ3v) is 3.78. The molecule has 0 spiro atoms. The Bertz CT molecular complexity index is 717. The number of carbonyl (C=O) groups is 3. The minimum absolute atomic E-state index is 0.258. The van der Waals surface area contributed by atoms with Crippen molar-refractivity contribution in [3.63, 3.8) is 0 Å². The molecule has 0 aliphatic heterocycles. The average molecular weight is 346 g/mol. The minimum Gasteiger partial charge on any atom is -0.466 e. The molecule has 0 aromatic heterocycles. The second-order valence-electron chi connectivity index (χ2n) is 5.90. The molecule has 134 valence electrons. The molecule has 1 aliphatic rings. The van der Waals surface area contributed by atoms with E-state index in [4.69, 9.17) is 14.2 Å². The number of ether oxygens (including phenoxy) is 3. The number of esters is 3. The lowest BCUT2D eigenvalue weighted by Crippen LogP contribution is -2.12. The number of hydrogen-bond donors (Lipinski definition) is 0. The molecule has 6 heteroatoms. The first-order chi connectivity index (χ1) is 11.9. The molecule has 1 aromatic rings. The lowest BCUT2D eigenvalue weighted by atomic mass is 9.88. The van der Waals surface area contributed by atoms with Crippen LogP contribution in [0.4, 0.5) is 0 Å². The molecule has 0 atom stereocenters. The van der Waals surface area contributed by atoms with Gasteiger partial charge in [-0.15, -0.1) is 0 Å². The Balaban J connectivity index is 2.13. The van der Waals surface area contributed by atoms with Crippen molar-refractivity contribution in [2.75, 3.05) is 6.61 Å². The third kappa shape index (κ3) is 5.45. The van der Waals surface area contributed by atoms with Crippen LogP contribution in [0.1, 0.15) is 44.7 Å². The van der Waals surface area contributed by atoms with Gasteiger partial charge in [-0.1, -0.05) is 17.7 Å². The second-order valence-corrected chi connectivity index (χ2v) is 5.90. The maximum absolute atomic E-state index is 11.4. The molecule has 0 saturated heterocycles. The molecule has 0 heterocycles. The molecular formula is C19H22O6. The monoisotopic (exact) mass is 346 g/mol. The summed E-state index contributed by atoms with van der Waals surface area (Å²) in [6.07, 6.45) is 5.00. The van der Waals surface area contributed by atoms with E-state index in [2.05, 4.69) is 6.08 Å². The van der Waals surface area contributed by atoms with Crippen molar-refractivity contribution in [2.24, 2.45) is 0 Å². The van der Waals surface area contributed by atoms with Gasteiger partial charge in [0.1, 0.15) is 0 Å². The standard InChI is InChI=1S/C19H22O6/c1-12(20)23-10-4-5-15-6-8-17-16(11-15)7-9-18(24-13(2)21)19(17)25-14(3)22/h6-7,9H,4-5,8,10-11H2,1-3H3. The van der Waals surface area contributed by atoms with E-state index in [0.717, 1.165) is 30.4 Å². The molecule has 0 amide bonds. The van der Waals surface area contributed by atoms with Gasteiger partial charge >= 0.3 is 17.9 Å². The highest BCUT2D eigenvalue weighted by Crippen LogP contribution is 2.38. The van der Waals surface area contributed by atoms with Crippen molar-refractivity contribution >= 4 is 17.9 Å². The number of allylic oxidation sites excluding steroid dienone is 2. The van der Waals surface area contributed by atoms with Gasteiger partial charge in [-0.25, -0.2) is 0 Å². The van der Waals surface area contributed by atoms with E-state index >= 15 is 0 Å². The Hall–Kier alpha value is -2.63. The predicted molar refractivity (Wildman–Crippen MR) is 90.4 cm³/mol. The first kappa shape index (κ1) is 18.7. The van der Waals surface area contributed by atoms with Crippen LogP contribution < -0.4 is 9.47 Å². The van der Waals surface area contributed by atoms with Gasteiger partial charge in [0.25, 0.3) is 0 Å². The molecule has 0 saturated carbocycles. The van der Waals surface area contributed by atoms with Crippen LogP contribution in [-0.2, 0) is 32.0 Å². The summed E-state index contributed by atoms with van der Waals surface area (Å²) in [6.45, 7) is 4.42. The van der Waals surface area contributed by atoms with E-state index in [0.29, 0.717) is 18.8 Å². The molecule has 6 nitrogen and oxygen atoms in total. The van der Waals surface area contributed by atoms with Crippen molar-refractivity contribution in [1.29, 1.82) is 0 Å². The summed E-state index contributed by atoms with van der Waals surface area (Å²) in [5.74, 6) is -0.626. The highest BCUT2D eigenvalue weighted by molar-refractivity contribution is 5.75. The molecule has 0 N–H and O–H groups in total. The number of hydrogen-bond acceptors (Lipinski definition) is 6.